The van der Waals surface area contributed by atoms with Gasteiger partial charge in [0.15, 0.2) is 9.84 Å². The first-order valence-electron chi connectivity index (χ1n) is 2.87. The zero-order valence-electron chi connectivity index (χ0n) is 5.58. The SMILES string of the molecule is C#CCS(=O)(=O)CCCO. The van der Waals surface area contributed by atoms with Gasteiger partial charge in [0.05, 0.1) is 5.75 Å². The van der Waals surface area contributed by atoms with Gasteiger partial charge >= 0.3 is 0 Å². The second-order valence-electron chi connectivity index (χ2n) is 1.87. The molecule has 0 rings (SSSR count). The van der Waals surface area contributed by atoms with Gasteiger partial charge in [0.2, 0.25) is 0 Å². The largest absolute Gasteiger partial charge is 0.396 e. The molecule has 0 aromatic carbocycles. The number of sulfone groups is 1. The molecule has 0 radical (unpaired) electrons. The molecule has 0 aromatic rings. The van der Waals surface area contributed by atoms with Gasteiger partial charge in [-0.05, 0) is 6.42 Å². The molecular weight excluding hydrogens is 152 g/mol. The summed E-state index contributed by atoms with van der Waals surface area (Å²) < 4.78 is 21.5. The maximum absolute atomic E-state index is 10.7. The van der Waals surface area contributed by atoms with Gasteiger partial charge in [-0.3, -0.25) is 0 Å². The molecule has 0 saturated heterocycles. The van der Waals surface area contributed by atoms with Gasteiger partial charge in [-0.2, -0.15) is 0 Å². The van der Waals surface area contributed by atoms with Crippen molar-refractivity contribution < 1.29 is 13.5 Å². The van der Waals surface area contributed by atoms with Crippen LogP contribution in [0.3, 0.4) is 0 Å². The topological polar surface area (TPSA) is 54.4 Å². The summed E-state index contributed by atoms with van der Waals surface area (Å²) in [5.74, 6) is 1.80. The van der Waals surface area contributed by atoms with Crippen molar-refractivity contribution in [3.05, 3.63) is 0 Å². The van der Waals surface area contributed by atoms with Crippen molar-refractivity contribution in [2.24, 2.45) is 0 Å². The minimum Gasteiger partial charge on any atom is -0.396 e. The summed E-state index contributed by atoms with van der Waals surface area (Å²) in [6.45, 7) is -0.107. The van der Waals surface area contributed by atoms with Gasteiger partial charge in [0.25, 0.3) is 0 Å². The van der Waals surface area contributed by atoms with Crippen LogP contribution in [-0.2, 0) is 9.84 Å². The van der Waals surface area contributed by atoms with Crippen molar-refractivity contribution in [1.29, 1.82) is 0 Å². The minimum atomic E-state index is -3.09. The lowest BCUT2D eigenvalue weighted by Crippen LogP contribution is -2.10. The van der Waals surface area contributed by atoms with Crippen LogP contribution in [0.1, 0.15) is 6.42 Å². The van der Waals surface area contributed by atoms with Gasteiger partial charge in [-0.15, -0.1) is 6.42 Å². The second kappa shape index (κ2) is 4.31. The third kappa shape index (κ3) is 4.36. The van der Waals surface area contributed by atoms with E-state index in [1.54, 1.807) is 0 Å². The minimum absolute atomic E-state index is 0.0201. The molecule has 0 bridgehead atoms. The maximum atomic E-state index is 10.7. The Morgan fingerprint density at radius 2 is 2.10 bits per heavy atom. The Morgan fingerprint density at radius 1 is 1.50 bits per heavy atom. The van der Waals surface area contributed by atoms with E-state index in [1.807, 2.05) is 5.92 Å². The predicted octanol–water partition coefficient (Wildman–Crippen LogP) is -0.583. The van der Waals surface area contributed by atoms with Crippen molar-refractivity contribution in [3.8, 4) is 12.3 Å². The molecule has 0 amide bonds. The molecule has 0 aromatic heterocycles. The van der Waals surface area contributed by atoms with Crippen LogP contribution in [-0.4, -0.2) is 31.6 Å². The summed E-state index contributed by atoms with van der Waals surface area (Å²) >= 11 is 0. The summed E-state index contributed by atoms with van der Waals surface area (Å²) in [5, 5.41) is 8.28. The Morgan fingerprint density at radius 3 is 2.50 bits per heavy atom. The Balaban J connectivity index is 3.80. The molecule has 1 N–H and O–H groups in total. The van der Waals surface area contributed by atoms with E-state index in [-0.39, 0.29) is 24.5 Å². The zero-order valence-corrected chi connectivity index (χ0v) is 6.39. The van der Waals surface area contributed by atoms with Crippen LogP contribution in [0.4, 0.5) is 0 Å². The highest BCUT2D eigenvalue weighted by molar-refractivity contribution is 7.91. The molecule has 0 aliphatic rings. The third-order valence-corrected chi connectivity index (χ3v) is 2.43. The van der Waals surface area contributed by atoms with E-state index in [4.69, 9.17) is 11.5 Å². The maximum Gasteiger partial charge on any atom is 0.161 e. The lowest BCUT2D eigenvalue weighted by molar-refractivity contribution is 0.295. The molecule has 0 aliphatic carbocycles. The van der Waals surface area contributed by atoms with Crippen molar-refractivity contribution in [2.45, 2.75) is 6.42 Å². The standard InChI is InChI=1S/C6H10O3S/c1-2-5-10(8,9)6-3-4-7/h1,7H,3-6H2. The molecule has 0 spiro atoms. The van der Waals surface area contributed by atoms with Crippen LogP contribution < -0.4 is 0 Å². The van der Waals surface area contributed by atoms with E-state index < -0.39 is 9.84 Å². The highest BCUT2D eigenvalue weighted by Crippen LogP contribution is 1.91. The quantitative estimate of drug-likeness (QED) is 0.562. The van der Waals surface area contributed by atoms with Crippen LogP contribution in [0.2, 0.25) is 0 Å². The summed E-state index contributed by atoms with van der Waals surface area (Å²) in [7, 11) is -3.09. The number of terminal acetylenes is 1. The number of aliphatic hydroxyl groups is 1. The molecule has 4 heteroatoms. The Bertz CT molecular complexity index is 210. The van der Waals surface area contributed by atoms with Crippen LogP contribution in [0.15, 0.2) is 0 Å². The van der Waals surface area contributed by atoms with E-state index in [9.17, 15) is 8.42 Å². The first-order valence-corrected chi connectivity index (χ1v) is 4.69. The van der Waals surface area contributed by atoms with Crippen LogP contribution in [0.5, 0.6) is 0 Å². The number of rotatable bonds is 4. The van der Waals surface area contributed by atoms with Crippen molar-refractivity contribution in [2.75, 3.05) is 18.1 Å². The molecule has 0 unspecified atom stereocenters. The Labute approximate surface area is 61.0 Å². The fraction of sp³-hybridized carbons (Fsp3) is 0.667. The number of hydrogen-bond acceptors (Lipinski definition) is 3. The molecular formula is C6H10O3S. The van der Waals surface area contributed by atoms with Gasteiger partial charge in [-0.25, -0.2) is 8.42 Å². The molecule has 0 saturated carbocycles. The van der Waals surface area contributed by atoms with E-state index >= 15 is 0 Å². The van der Waals surface area contributed by atoms with Gasteiger partial charge in [0.1, 0.15) is 5.75 Å². The van der Waals surface area contributed by atoms with Crippen LogP contribution >= 0.6 is 0 Å². The average Bonchev–Trinajstić information content (AvgIpc) is 1.84. The number of aliphatic hydroxyl groups excluding tert-OH is 1. The van der Waals surface area contributed by atoms with E-state index in [2.05, 4.69) is 0 Å². The lowest BCUT2D eigenvalue weighted by Gasteiger charge is -1.95. The highest BCUT2D eigenvalue weighted by Gasteiger charge is 2.06. The van der Waals surface area contributed by atoms with E-state index in [1.165, 1.54) is 0 Å². The molecule has 0 fully saturated rings. The zero-order chi connectivity index (χ0) is 8.04. The molecule has 58 valence electrons. The predicted molar refractivity (Wildman–Crippen MR) is 39.2 cm³/mol. The molecule has 0 atom stereocenters. The highest BCUT2D eigenvalue weighted by atomic mass is 32.2. The van der Waals surface area contributed by atoms with Gasteiger partial charge in [-0.1, -0.05) is 5.92 Å². The van der Waals surface area contributed by atoms with Crippen molar-refractivity contribution in [3.63, 3.8) is 0 Å². The summed E-state index contributed by atoms with van der Waals surface area (Å²) in [6.07, 6.45) is 5.06. The van der Waals surface area contributed by atoms with E-state index in [0.29, 0.717) is 0 Å². The third-order valence-electron chi connectivity index (χ3n) is 0.917. The summed E-state index contributed by atoms with van der Waals surface area (Å²) in [6, 6.07) is 0. The fourth-order valence-corrected chi connectivity index (χ4v) is 1.45. The lowest BCUT2D eigenvalue weighted by atomic mass is 10.5. The van der Waals surface area contributed by atoms with Crippen molar-refractivity contribution in [1.82, 2.24) is 0 Å². The van der Waals surface area contributed by atoms with Gasteiger partial charge in [0, 0.05) is 6.61 Å². The molecule has 0 heterocycles. The normalized spacial score (nSPS) is 10.8. The first kappa shape index (κ1) is 9.47. The Hall–Kier alpha value is -0.530. The van der Waals surface area contributed by atoms with E-state index in [0.717, 1.165) is 0 Å². The second-order valence-corrected chi connectivity index (χ2v) is 4.06. The smallest absolute Gasteiger partial charge is 0.161 e. The first-order chi connectivity index (χ1) is 4.62. The molecule has 0 aliphatic heterocycles. The van der Waals surface area contributed by atoms with Gasteiger partial charge < -0.3 is 5.11 Å². The van der Waals surface area contributed by atoms with Crippen LogP contribution in [0.25, 0.3) is 0 Å². The molecule has 10 heavy (non-hydrogen) atoms. The van der Waals surface area contributed by atoms with Crippen molar-refractivity contribution >= 4 is 9.84 Å². The summed E-state index contributed by atoms with van der Waals surface area (Å²) in [4.78, 5) is 0. The molecule has 3 nitrogen and oxygen atoms in total. The fourth-order valence-electron chi connectivity index (χ4n) is 0.484. The monoisotopic (exact) mass is 162 g/mol. The summed E-state index contributed by atoms with van der Waals surface area (Å²) in [5.41, 5.74) is 0. The van der Waals surface area contributed by atoms with Crippen LogP contribution in [0, 0.1) is 12.3 Å². The Kier molecular flexibility index (Phi) is 4.08. The number of hydrogen-bond donors (Lipinski definition) is 1. The average molecular weight is 162 g/mol.